The molecule has 0 aliphatic heterocycles. The lowest BCUT2D eigenvalue weighted by Crippen LogP contribution is -2.23. The normalized spacial score (nSPS) is 11.9. The molecule has 0 aromatic heterocycles. The lowest BCUT2D eigenvalue weighted by molar-refractivity contribution is -0.139. The third kappa shape index (κ3) is 6.04. The molecular weight excluding hydrogens is 224 g/mol. The van der Waals surface area contributed by atoms with Gasteiger partial charge in [0.25, 0.3) is 0 Å². The zero-order valence-corrected chi connectivity index (χ0v) is 9.87. The van der Waals surface area contributed by atoms with Gasteiger partial charge in [-0.1, -0.05) is 23.5 Å². The van der Waals surface area contributed by atoms with Crippen LogP contribution in [0.4, 0.5) is 0 Å². The number of esters is 1. The van der Waals surface area contributed by atoms with Crippen molar-refractivity contribution >= 4 is 39.7 Å². The Labute approximate surface area is 91.1 Å². The summed E-state index contributed by atoms with van der Waals surface area (Å²) in [7, 11) is 1.26. The van der Waals surface area contributed by atoms with E-state index in [4.69, 9.17) is 0 Å². The highest BCUT2D eigenvalue weighted by Gasteiger charge is 2.22. The highest BCUT2D eigenvalue weighted by atomic mass is 32.2. The molecule has 0 aromatic rings. The van der Waals surface area contributed by atoms with Gasteiger partial charge >= 0.3 is 5.97 Å². The van der Waals surface area contributed by atoms with Crippen LogP contribution in [0, 0.1) is 0 Å². The molecule has 14 heavy (non-hydrogen) atoms. The Hall–Kier alpha value is -0.490. The molecular formula is C8H12O4S2. The zero-order valence-electron chi connectivity index (χ0n) is 8.23. The molecule has 0 bridgehead atoms. The average Bonchev–Trinajstić information content (AvgIpc) is 2.10. The summed E-state index contributed by atoms with van der Waals surface area (Å²) in [5.41, 5.74) is 0. The number of hydrogen-bond acceptors (Lipinski definition) is 6. The van der Waals surface area contributed by atoms with Gasteiger partial charge in [-0.25, -0.2) is 0 Å². The van der Waals surface area contributed by atoms with E-state index in [1.54, 1.807) is 0 Å². The van der Waals surface area contributed by atoms with Crippen molar-refractivity contribution in [3.8, 4) is 0 Å². The second kappa shape index (κ2) is 6.89. The molecule has 80 valence electrons. The van der Waals surface area contributed by atoms with Crippen molar-refractivity contribution in [1.82, 2.24) is 0 Å². The monoisotopic (exact) mass is 236 g/mol. The molecule has 0 N–H and O–H groups in total. The fourth-order valence-corrected chi connectivity index (χ4v) is 2.27. The maximum absolute atomic E-state index is 11.1. The molecule has 0 aliphatic rings. The van der Waals surface area contributed by atoms with E-state index in [0.717, 1.165) is 23.5 Å². The third-order valence-corrected chi connectivity index (χ3v) is 3.30. The van der Waals surface area contributed by atoms with E-state index in [2.05, 4.69) is 4.74 Å². The lowest BCUT2D eigenvalue weighted by atomic mass is 10.5. The Bertz CT molecular complexity index is 239. The summed E-state index contributed by atoms with van der Waals surface area (Å²) in [5, 5.41) is -0.834. The second-order valence-electron chi connectivity index (χ2n) is 2.42. The van der Waals surface area contributed by atoms with Gasteiger partial charge in [-0.15, -0.1) is 0 Å². The summed E-state index contributed by atoms with van der Waals surface area (Å²) in [4.78, 5) is 32.6. The van der Waals surface area contributed by atoms with Crippen molar-refractivity contribution in [1.29, 1.82) is 0 Å². The van der Waals surface area contributed by atoms with E-state index < -0.39 is 11.2 Å². The van der Waals surface area contributed by atoms with Gasteiger partial charge in [0, 0.05) is 19.6 Å². The van der Waals surface area contributed by atoms with Crippen LogP contribution in [0.5, 0.6) is 0 Å². The first kappa shape index (κ1) is 13.5. The molecule has 0 amide bonds. The maximum Gasteiger partial charge on any atom is 0.320 e. The highest BCUT2D eigenvalue weighted by Crippen LogP contribution is 2.18. The molecule has 0 unspecified atom stereocenters. The molecule has 1 atom stereocenters. The van der Waals surface area contributed by atoms with Crippen molar-refractivity contribution in [3.05, 3.63) is 0 Å². The molecule has 0 fully saturated rings. The second-order valence-corrected chi connectivity index (χ2v) is 5.00. The van der Waals surface area contributed by atoms with Crippen molar-refractivity contribution in [2.75, 3.05) is 12.9 Å². The largest absolute Gasteiger partial charge is 0.468 e. The van der Waals surface area contributed by atoms with Gasteiger partial charge in [-0.3, -0.25) is 14.4 Å². The SMILES string of the molecule is COC(=O)[C@@H](CSC(C)=O)SC(C)=O. The van der Waals surface area contributed by atoms with Gasteiger partial charge < -0.3 is 4.74 Å². The van der Waals surface area contributed by atoms with E-state index in [-0.39, 0.29) is 16.0 Å². The first-order valence-electron chi connectivity index (χ1n) is 3.85. The topological polar surface area (TPSA) is 60.4 Å². The Kier molecular flexibility index (Phi) is 6.65. The van der Waals surface area contributed by atoms with Crippen LogP contribution >= 0.6 is 23.5 Å². The number of thioether (sulfide) groups is 2. The summed E-state index contributed by atoms with van der Waals surface area (Å²) in [5.74, 6) is -0.203. The van der Waals surface area contributed by atoms with Crippen LogP contribution in [-0.4, -0.2) is 34.3 Å². The lowest BCUT2D eigenvalue weighted by Gasteiger charge is -2.10. The van der Waals surface area contributed by atoms with E-state index >= 15 is 0 Å². The van der Waals surface area contributed by atoms with E-state index in [1.165, 1.54) is 21.0 Å². The van der Waals surface area contributed by atoms with Crippen molar-refractivity contribution in [2.45, 2.75) is 19.1 Å². The highest BCUT2D eigenvalue weighted by molar-refractivity contribution is 8.17. The molecule has 0 heterocycles. The molecule has 0 radical (unpaired) electrons. The molecule has 4 nitrogen and oxygen atoms in total. The number of carbonyl (C=O) groups is 3. The van der Waals surface area contributed by atoms with Crippen LogP contribution in [0.15, 0.2) is 0 Å². The maximum atomic E-state index is 11.1. The number of carbonyl (C=O) groups excluding carboxylic acids is 3. The Morgan fingerprint density at radius 3 is 2.14 bits per heavy atom. The minimum atomic E-state index is -0.591. The van der Waals surface area contributed by atoms with Crippen LogP contribution in [0.25, 0.3) is 0 Å². The number of ether oxygens (including phenoxy) is 1. The zero-order chi connectivity index (χ0) is 11.1. The van der Waals surface area contributed by atoms with Crippen molar-refractivity contribution in [3.63, 3.8) is 0 Å². The fraction of sp³-hybridized carbons (Fsp3) is 0.625. The van der Waals surface area contributed by atoms with Crippen molar-refractivity contribution in [2.24, 2.45) is 0 Å². The predicted molar refractivity (Wildman–Crippen MR) is 57.2 cm³/mol. The quantitative estimate of drug-likeness (QED) is 0.681. The Morgan fingerprint density at radius 2 is 1.79 bits per heavy atom. The number of methoxy groups -OCH3 is 1. The molecule has 0 saturated carbocycles. The van der Waals surface area contributed by atoms with Crippen molar-refractivity contribution < 1.29 is 19.1 Å². The van der Waals surface area contributed by atoms with Crippen LogP contribution in [0.1, 0.15) is 13.8 Å². The standard InChI is InChI=1S/C8H12O4S2/c1-5(9)13-4-7(8(11)12-3)14-6(2)10/h7H,4H2,1-3H3/t7-/m1/s1. The van der Waals surface area contributed by atoms with Crippen LogP contribution < -0.4 is 0 Å². The first-order chi connectivity index (χ1) is 6.47. The number of hydrogen-bond donors (Lipinski definition) is 0. The predicted octanol–water partition coefficient (Wildman–Crippen LogP) is 1.09. The summed E-state index contributed by atoms with van der Waals surface area (Å²) < 4.78 is 4.51. The molecule has 0 rings (SSSR count). The molecule has 0 saturated heterocycles. The van der Waals surface area contributed by atoms with Gasteiger partial charge in [0.2, 0.25) is 0 Å². The van der Waals surface area contributed by atoms with Crippen LogP contribution in [-0.2, 0) is 19.1 Å². The Balaban J connectivity index is 4.17. The average molecular weight is 236 g/mol. The fourth-order valence-electron chi connectivity index (χ4n) is 0.675. The van der Waals surface area contributed by atoms with Gasteiger partial charge in [-0.2, -0.15) is 0 Å². The van der Waals surface area contributed by atoms with Crippen LogP contribution in [0.3, 0.4) is 0 Å². The van der Waals surface area contributed by atoms with Gasteiger partial charge in [0.05, 0.1) is 7.11 Å². The smallest absolute Gasteiger partial charge is 0.320 e. The van der Waals surface area contributed by atoms with Gasteiger partial charge in [-0.05, 0) is 0 Å². The molecule has 0 spiro atoms. The van der Waals surface area contributed by atoms with E-state index in [9.17, 15) is 14.4 Å². The summed E-state index contributed by atoms with van der Waals surface area (Å²) in [6.07, 6.45) is 0. The minimum Gasteiger partial charge on any atom is -0.468 e. The number of rotatable bonds is 4. The Morgan fingerprint density at radius 1 is 1.21 bits per heavy atom. The molecule has 6 heteroatoms. The van der Waals surface area contributed by atoms with Gasteiger partial charge in [0.1, 0.15) is 5.25 Å². The summed E-state index contributed by atoms with van der Waals surface area (Å²) in [6, 6.07) is 0. The van der Waals surface area contributed by atoms with Crippen LogP contribution in [0.2, 0.25) is 0 Å². The summed E-state index contributed by atoms with van der Waals surface area (Å²) in [6.45, 7) is 2.79. The minimum absolute atomic E-state index is 0.0805. The molecule has 0 aliphatic carbocycles. The molecule has 0 aromatic carbocycles. The van der Waals surface area contributed by atoms with Gasteiger partial charge in [0.15, 0.2) is 10.2 Å². The summed E-state index contributed by atoms with van der Waals surface area (Å²) >= 11 is 1.90. The van der Waals surface area contributed by atoms with E-state index in [1.807, 2.05) is 0 Å². The van der Waals surface area contributed by atoms with E-state index in [0.29, 0.717) is 0 Å². The third-order valence-electron chi connectivity index (χ3n) is 1.21. The first-order valence-corrected chi connectivity index (χ1v) is 5.72.